The molecule has 0 unspecified atom stereocenters. The maximum atomic E-state index is 13.4. The van der Waals surface area contributed by atoms with E-state index in [1.54, 1.807) is 18.2 Å². The topological polar surface area (TPSA) is 79.2 Å². The molecule has 0 atom stereocenters. The first-order valence-electron chi connectivity index (χ1n) is 7.98. The number of ether oxygens (including phenoxy) is 1. The van der Waals surface area contributed by atoms with E-state index in [0.717, 1.165) is 6.08 Å². The van der Waals surface area contributed by atoms with E-state index in [0.29, 0.717) is 5.01 Å². The number of rotatable bonds is 5. The summed E-state index contributed by atoms with van der Waals surface area (Å²) in [6.45, 7) is -0.601. The highest BCUT2D eigenvalue weighted by Gasteiger charge is 2.46. The maximum Gasteiger partial charge on any atom is 0.435 e. The largest absolute Gasteiger partial charge is 0.482 e. The molecule has 2 aromatic rings. The average Bonchev–Trinajstić information content (AvgIpc) is 2.98. The lowest BCUT2D eigenvalue weighted by atomic mass is 10.1. The Morgan fingerprint density at radius 3 is 2.50 bits per heavy atom. The van der Waals surface area contributed by atoms with Gasteiger partial charge in [-0.05, 0) is 35.9 Å². The summed E-state index contributed by atoms with van der Waals surface area (Å²) in [7, 11) is 0. The molecule has 144 valence electrons. The Hall–Kier alpha value is -3.62. The highest BCUT2D eigenvalue weighted by molar-refractivity contribution is 6.34. The van der Waals surface area contributed by atoms with Gasteiger partial charge in [0.1, 0.15) is 5.75 Å². The summed E-state index contributed by atoms with van der Waals surface area (Å²) in [6, 6.07) is 13.5. The molecular weight excluding hydrogens is 377 g/mol. The zero-order chi connectivity index (χ0) is 20.3. The lowest BCUT2D eigenvalue weighted by Crippen LogP contribution is -2.25. The van der Waals surface area contributed by atoms with Gasteiger partial charge in [0.25, 0.3) is 5.91 Å². The molecular formula is C19H13F3N2O4. The molecule has 1 amide bonds. The predicted molar refractivity (Wildman–Crippen MR) is 95.0 cm³/mol. The molecule has 1 aliphatic heterocycles. The number of carboxylic acids is 1. The van der Waals surface area contributed by atoms with E-state index in [2.05, 4.69) is 5.10 Å². The number of nitrogens with zero attached hydrogens (tertiary/aromatic N) is 2. The standard InChI is InChI=1S/C19H13F3N2O4/c20-19(21,22)17-15(18(27)24(23-17)13-6-2-1-3-7-13)10-12-5-4-8-14(9-12)28-11-16(25)26/h1-10H,11H2,(H,25,26)/b15-10-. The van der Waals surface area contributed by atoms with Crippen LogP contribution in [-0.2, 0) is 9.59 Å². The van der Waals surface area contributed by atoms with Crippen molar-refractivity contribution in [3.05, 3.63) is 65.7 Å². The number of carbonyl (C=O) groups is 2. The van der Waals surface area contributed by atoms with Crippen molar-refractivity contribution in [2.75, 3.05) is 11.6 Å². The van der Waals surface area contributed by atoms with Crippen LogP contribution in [0.5, 0.6) is 5.75 Å². The van der Waals surface area contributed by atoms with Gasteiger partial charge in [-0.3, -0.25) is 4.79 Å². The van der Waals surface area contributed by atoms with Crippen LogP contribution in [0, 0.1) is 0 Å². The SMILES string of the molecule is O=C(O)COc1cccc(/C=C2\C(=O)N(c3ccccc3)N=C2C(F)(F)F)c1. The second kappa shape index (κ2) is 7.55. The van der Waals surface area contributed by atoms with E-state index < -0.39 is 35.9 Å². The number of hydrogen-bond acceptors (Lipinski definition) is 4. The van der Waals surface area contributed by atoms with E-state index in [9.17, 15) is 22.8 Å². The first-order chi connectivity index (χ1) is 13.3. The van der Waals surface area contributed by atoms with E-state index in [1.807, 2.05) is 0 Å². The number of benzene rings is 2. The molecule has 0 saturated heterocycles. The summed E-state index contributed by atoms with van der Waals surface area (Å²) in [5.74, 6) is -1.97. The van der Waals surface area contributed by atoms with Gasteiger partial charge in [-0.25, -0.2) is 4.79 Å². The van der Waals surface area contributed by atoms with E-state index in [-0.39, 0.29) is 17.0 Å². The van der Waals surface area contributed by atoms with Gasteiger partial charge < -0.3 is 9.84 Å². The summed E-state index contributed by atoms with van der Waals surface area (Å²) in [5, 5.41) is 12.8. The summed E-state index contributed by atoms with van der Waals surface area (Å²) < 4.78 is 45.3. The lowest BCUT2D eigenvalue weighted by molar-refractivity contribution is -0.139. The molecule has 6 nitrogen and oxygen atoms in total. The Kier molecular flexibility index (Phi) is 5.16. The van der Waals surface area contributed by atoms with Crippen LogP contribution < -0.4 is 9.75 Å². The van der Waals surface area contributed by atoms with Crippen molar-refractivity contribution in [3.63, 3.8) is 0 Å². The number of alkyl halides is 3. The minimum atomic E-state index is -4.83. The van der Waals surface area contributed by atoms with Crippen molar-refractivity contribution in [1.29, 1.82) is 0 Å². The monoisotopic (exact) mass is 390 g/mol. The Morgan fingerprint density at radius 1 is 1.14 bits per heavy atom. The van der Waals surface area contributed by atoms with Crippen LogP contribution in [0.15, 0.2) is 65.3 Å². The van der Waals surface area contributed by atoms with Gasteiger partial charge in [0.15, 0.2) is 12.3 Å². The quantitative estimate of drug-likeness (QED) is 0.793. The minimum absolute atomic E-state index is 0.146. The highest BCUT2D eigenvalue weighted by atomic mass is 19.4. The number of para-hydroxylation sites is 1. The molecule has 0 fully saturated rings. The van der Waals surface area contributed by atoms with Gasteiger partial charge in [0, 0.05) is 0 Å². The number of carboxylic acid groups (broad SMARTS) is 1. The molecule has 0 radical (unpaired) electrons. The van der Waals surface area contributed by atoms with Gasteiger partial charge in [-0.15, -0.1) is 0 Å². The molecule has 1 heterocycles. The van der Waals surface area contributed by atoms with Crippen molar-refractivity contribution in [1.82, 2.24) is 0 Å². The third kappa shape index (κ3) is 4.20. The Labute approximate surface area is 157 Å². The number of hydrogen-bond donors (Lipinski definition) is 1. The van der Waals surface area contributed by atoms with Gasteiger partial charge in [0.2, 0.25) is 0 Å². The lowest BCUT2D eigenvalue weighted by Gasteiger charge is -2.11. The summed E-state index contributed by atoms with van der Waals surface area (Å²) in [6.07, 6.45) is -3.78. The normalized spacial score (nSPS) is 15.7. The van der Waals surface area contributed by atoms with Gasteiger partial charge in [-0.2, -0.15) is 23.3 Å². The molecule has 0 aromatic heterocycles. The molecule has 1 N–H and O–H groups in total. The second-order valence-corrected chi connectivity index (χ2v) is 5.71. The Bertz CT molecular complexity index is 969. The smallest absolute Gasteiger partial charge is 0.435 e. The fourth-order valence-corrected chi connectivity index (χ4v) is 2.50. The molecule has 0 saturated carbocycles. The molecule has 2 aromatic carbocycles. The number of carbonyl (C=O) groups excluding carboxylic acids is 1. The number of aliphatic carboxylic acids is 1. The summed E-state index contributed by atoms with van der Waals surface area (Å²) in [5.41, 5.74) is -1.49. The second-order valence-electron chi connectivity index (χ2n) is 5.71. The van der Waals surface area contributed by atoms with Crippen LogP contribution in [0.3, 0.4) is 0 Å². The van der Waals surface area contributed by atoms with Gasteiger partial charge in [-0.1, -0.05) is 30.3 Å². The first-order valence-corrected chi connectivity index (χ1v) is 7.98. The molecule has 1 aliphatic rings. The Morgan fingerprint density at radius 2 is 1.86 bits per heavy atom. The molecule has 0 bridgehead atoms. The number of amides is 1. The molecule has 0 spiro atoms. The molecule has 0 aliphatic carbocycles. The molecule has 9 heteroatoms. The van der Waals surface area contributed by atoms with Crippen LogP contribution >= 0.6 is 0 Å². The first kappa shape index (κ1) is 19.2. The molecule has 3 rings (SSSR count). The van der Waals surface area contributed by atoms with Crippen molar-refractivity contribution >= 4 is 29.4 Å². The number of hydrazone groups is 1. The van der Waals surface area contributed by atoms with Crippen molar-refractivity contribution < 1.29 is 32.6 Å². The maximum absolute atomic E-state index is 13.4. The average molecular weight is 390 g/mol. The van der Waals surface area contributed by atoms with Crippen molar-refractivity contribution in [2.45, 2.75) is 6.18 Å². The van der Waals surface area contributed by atoms with E-state index >= 15 is 0 Å². The fraction of sp³-hybridized carbons (Fsp3) is 0.105. The number of anilines is 1. The van der Waals surface area contributed by atoms with Crippen LogP contribution in [0.1, 0.15) is 5.56 Å². The van der Waals surface area contributed by atoms with E-state index in [4.69, 9.17) is 9.84 Å². The van der Waals surface area contributed by atoms with E-state index in [1.165, 1.54) is 36.4 Å². The summed E-state index contributed by atoms with van der Waals surface area (Å²) >= 11 is 0. The van der Waals surface area contributed by atoms with Crippen molar-refractivity contribution in [2.24, 2.45) is 5.10 Å². The van der Waals surface area contributed by atoms with Gasteiger partial charge >= 0.3 is 12.1 Å². The van der Waals surface area contributed by atoms with Crippen LogP contribution in [0.4, 0.5) is 18.9 Å². The Balaban J connectivity index is 1.98. The van der Waals surface area contributed by atoms with Crippen molar-refractivity contribution in [3.8, 4) is 5.75 Å². The molecule has 28 heavy (non-hydrogen) atoms. The van der Waals surface area contributed by atoms with Gasteiger partial charge in [0.05, 0.1) is 11.3 Å². The zero-order valence-electron chi connectivity index (χ0n) is 14.2. The zero-order valence-corrected chi connectivity index (χ0v) is 14.2. The van der Waals surface area contributed by atoms with Crippen LogP contribution in [0.2, 0.25) is 0 Å². The van der Waals surface area contributed by atoms with Crippen LogP contribution in [0.25, 0.3) is 6.08 Å². The minimum Gasteiger partial charge on any atom is -0.482 e. The summed E-state index contributed by atoms with van der Waals surface area (Å²) in [4.78, 5) is 23.2. The van der Waals surface area contributed by atoms with Crippen LogP contribution in [-0.4, -0.2) is 35.5 Å². The highest BCUT2D eigenvalue weighted by Crippen LogP contribution is 2.32. The third-order valence-electron chi connectivity index (χ3n) is 3.68. The fourth-order valence-electron chi connectivity index (χ4n) is 2.50. The third-order valence-corrected chi connectivity index (χ3v) is 3.68. The number of halogens is 3. The predicted octanol–water partition coefficient (Wildman–Crippen LogP) is 3.50.